The van der Waals surface area contributed by atoms with Gasteiger partial charge in [-0.2, -0.15) is 0 Å². The molecule has 0 radical (unpaired) electrons. The highest BCUT2D eigenvalue weighted by Gasteiger charge is 2.22. The molecule has 3 nitrogen and oxygen atoms in total. The summed E-state index contributed by atoms with van der Waals surface area (Å²) in [5.74, 6) is 1.16. The molecule has 0 amide bonds. The minimum atomic E-state index is 0.353. The van der Waals surface area contributed by atoms with Crippen molar-refractivity contribution in [3.63, 3.8) is 0 Å². The summed E-state index contributed by atoms with van der Waals surface area (Å²) in [6.45, 7) is 8.62. The molecule has 0 saturated heterocycles. The highest BCUT2D eigenvalue weighted by Crippen LogP contribution is 2.26. The Kier molecular flexibility index (Phi) is 6.12. The molecule has 1 aliphatic rings. The van der Waals surface area contributed by atoms with Crippen molar-refractivity contribution in [3.8, 4) is 0 Å². The average molecular weight is 305 g/mol. The van der Waals surface area contributed by atoms with Gasteiger partial charge in [-0.05, 0) is 31.0 Å². The SMILES string of the molecule is CN(CCCNC1=NCC(C)(C)CS1)Cc1ccccc1. The Morgan fingerprint density at radius 1 is 1.29 bits per heavy atom. The maximum absolute atomic E-state index is 4.62. The first kappa shape index (κ1) is 16.4. The van der Waals surface area contributed by atoms with Crippen molar-refractivity contribution in [3.05, 3.63) is 35.9 Å². The average Bonchev–Trinajstić information content (AvgIpc) is 2.46. The zero-order chi connectivity index (χ0) is 15.1. The third-order valence-corrected chi connectivity index (χ3v) is 5.01. The lowest BCUT2D eigenvalue weighted by atomic mass is 9.97. The molecule has 0 aromatic heterocycles. The van der Waals surface area contributed by atoms with Gasteiger partial charge in [0.15, 0.2) is 5.17 Å². The van der Waals surface area contributed by atoms with Gasteiger partial charge in [-0.25, -0.2) is 0 Å². The van der Waals surface area contributed by atoms with Crippen LogP contribution in [0.1, 0.15) is 25.8 Å². The van der Waals surface area contributed by atoms with E-state index in [-0.39, 0.29) is 0 Å². The van der Waals surface area contributed by atoms with E-state index < -0.39 is 0 Å². The Bertz CT molecular complexity index is 456. The van der Waals surface area contributed by atoms with Crippen LogP contribution in [0.15, 0.2) is 35.3 Å². The molecular weight excluding hydrogens is 278 g/mol. The zero-order valence-corrected chi connectivity index (χ0v) is 14.2. The van der Waals surface area contributed by atoms with Crippen LogP contribution < -0.4 is 5.32 Å². The third-order valence-electron chi connectivity index (χ3n) is 3.54. The fraction of sp³-hybridized carbons (Fsp3) is 0.588. The van der Waals surface area contributed by atoms with Crippen molar-refractivity contribution in [2.45, 2.75) is 26.8 Å². The number of thioether (sulfide) groups is 1. The van der Waals surface area contributed by atoms with Crippen LogP contribution in [0.25, 0.3) is 0 Å². The molecule has 1 heterocycles. The second-order valence-electron chi connectivity index (χ2n) is 6.58. The highest BCUT2D eigenvalue weighted by atomic mass is 32.2. The highest BCUT2D eigenvalue weighted by molar-refractivity contribution is 8.13. The molecule has 0 unspecified atom stereocenters. The Hall–Kier alpha value is -1.00. The molecule has 0 bridgehead atoms. The van der Waals surface area contributed by atoms with Gasteiger partial charge in [0.05, 0.1) is 0 Å². The van der Waals surface area contributed by atoms with Gasteiger partial charge in [0.2, 0.25) is 0 Å². The molecule has 1 aromatic rings. The van der Waals surface area contributed by atoms with E-state index in [1.807, 2.05) is 11.8 Å². The van der Waals surface area contributed by atoms with Gasteiger partial charge in [0.1, 0.15) is 0 Å². The number of aliphatic imine (C=N–C) groups is 1. The van der Waals surface area contributed by atoms with E-state index in [1.165, 1.54) is 5.56 Å². The van der Waals surface area contributed by atoms with E-state index in [0.29, 0.717) is 5.41 Å². The molecular formula is C17H27N3S. The maximum Gasteiger partial charge on any atom is 0.156 e. The molecule has 1 aliphatic heterocycles. The van der Waals surface area contributed by atoms with E-state index in [9.17, 15) is 0 Å². The summed E-state index contributed by atoms with van der Waals surface area (Å²) in [7, 11) is 2.18. The lowest BCUT2D eigenvalue weighted by Crippen LogP contribution is -2.32. The Labute approximate surface area is 133 Å². The summed E-state index contributed by atoms with van der Waals surface area (Å²) in [4.78, 5) is 6.99. The number of benzene rings is 1. The second-order valence-corrected chi connectivity index (χ2v) is 7.54. The third kappa shape index (κ3) is 6.10. The Morgan fingerprint density at radius 3 is 2.71 bits per heavy atom. The predicted octanol–water partition coefficient (Wildman–Crippen LogP) is 3.23. The summed E-state index contributed by atoms with van der Waals surface area (Å²) >= 11 is 1.86. The van der Waals surface area contributed by atoms with E-state index in [1.54, 1.807) is 0 Å². The summed E-state index contributed by atoms with van der Waals surface area (Å²) in [6, 6.07) is 10.6. The van der Waals surface area contributed by atoms with Crippen molar-refractivity contribution in [1.82, 2.24) is 10.2 Å². The van der Waals surface area contributed by atoms with E-state index in [0.717, 1.165) is 43.5 Å². The summed E-state index contributed by atoms with van der Waals surface area (Å²) in [5.41, 5.74) is 1.73. The standard InChI is InChI=1S/C17H27N3S/c1-17(2)13-19-16(21-14-17)18-10-7-11-20(3)12-15-8-5-4-6-9-15/h4-6,8-9H,7,10-14H2,1-3H3,(H,18,19). The molecule has 1 N–H and O–H groups in total. The monoisotopic (exact) mass is 305 g/mol. The molecule has 1 aromatic carbocycles. The molecule has 0 saturated carbocycles. The van der Waals surface area contributed by atoms with Crippen LogP contribution in [-0.2, 0) is 6.54 Å². The minimum Gasteiger partial charge on any atom is -0.365 e. The van der Waals surface area contributed by atoms with Crippen LogP contribution in [0.2, 0.25) is 0 Å². The summed E-state index contributed by atoms with van der Waals surface area (Å²) < 4.78 is 0. The van der Waals surface area contributed by atoms with Gasteiger partial charge < -0.3 is 10.2 Å². The number of hydrogen-bond acceptors (Lipinski definition) is 4. The largest absolute Gasteiger partial charge is 0.365 e. The second kappa shape index (κ2) is 7.85. The van der Waals surface area contributed by atoms with Gasteiger partial charge in [0, 0.05) is 25.4 Å². The van der Waals surface area contributed by atoms with Crippen LogP contribution in [0, 0.1) is 5.41 Å². The smallest absolute Gasteiger partial charge is 0.156 e. The number of rotatable bonds is 6. The lowest BCUT2D eigenvalue weighted by molar-refractivity contribution is 0.322. The summed E-state index contributed by atoms with van der Waals surface area (Å²) in [5, 5.41) is 4.59. The van der Waals surface area contributed by atoms with Gasteiger partial charge in [-0.1, -0.05) is 55.9 Å². The number of nitrogens with zero attached hydrogens (tertiary/aromatic N) is 2. The Balaban J connectivity index is 1.61. The first-order chi connectivity index (χ1) is 10.1. The van der Waals surface area contributed by atoms with Crippen LogP contribution in [0.3, 0.4) is 0 Å². The van der Waals surface area contributed by atoms with Gasteiger partial charge in [-0.15, -0.1) is 0 Å². The molecule has 0 fully saturated rings. The van der Waals surface area contributed by atoms with E-state index >= 15 is 0 Å². The van der Waals surface area contributed by atoms with Crippen LogP contribution in [-0.4, -0.2) is 42.5 Å². The van der Waals surface area contributed by atoms with Crippen LogP contribution in [0.5, 0.6) is 0 Å². The van der Waals surface area contributed by atoms with Crippen LogP contribution in [0.4, 0.5) is 0 Å². The van der Waals surface area contributed by atoms with E-state index in [2.05, 4.69) is 66.4 Å². The normalized spacial score (nSPS) is 17.6. The number of hydrogen-bond donors (Lipinski definition) is 1. The van der Waals surface area contributed by atoms with Crippen molar-refractivity contribution in [2.75, 3.05) is 32.4 Å². The fourth-order valence-corrected chi connectivity index (χ4v) is 3.24. The van der Waals surface area contributed by atoms with Crippen molar-refractivity contribution in [2.24, 2.45) is 10.4 Å². The molecule has 116 valence electrons. The molecule has 0 aliphatic carbocycles. The molecule has 21 heavy (non-hydrogen) atoms. The minimum absolute atomic E-state index is 0.353. The molecule has 0 spiro atoms. The molecule has 4 heteroatoms. The van der Waals surface area contributed by atoms with E-state index in [4.69, 9.17) is 0 Å². The summed E-state index contributed by atoms with van der Waals surface area (Å²) in [6.07, 6.45) is 1.15. The van der Waals surface area contributed by atoms with Crippen molar-refractivity contribution in [1.29, 1.82) is 0 Å². The maximum atomic E-state index is 4.62. The van der Waals surface area contributed by atoms with Gasteiger partial charge in [0.25, 0.3) is 0 Å². The quantitative estimate of drug-likeness (QED) is 0.818. The zero-order valence-electron chi connectivity index (χ0n) is 13.4. The number of nitrogens with one attached hydrogen (secondary N) is 1. The molecule has 0 atom stereocenters. The van der Waals surface area contributed by atoms with Crippen LogP contribution >= 0.6 is 11.8 Å². The topological polar surface area (TPSA) is 27.6 Å². The first-order valence-corrected chi connectivity index (χ1v) is 8.67. The van der Waals surface area contributed by atoms with Crippen molar-refractivity contribution >= 4 is 16.9 Å². The molecule has 2 rings (SSSR count). The lowest BCUT2D eigenvalue weighted by Gasteiger charge is -2.27. The predicted molar refractivity (Wildman–Crippen MR) is 93.9 cm³/mol. The van der Waals surface area contributed by atoms with Gasteiger partial charge >= 0.3 is 0 Å². The Morgan fingerprint density at radius 2 is 2.05 bits per heavy atom. The van der Waals surface area contributed by atoms with Crippen molar-refractivity contribution < 1.29 is 0 Å². The fourth-order valence-electron chi connectivity index (χ4n) is 2.27. The van der Waals surface area contributed by atoms with Gasteiger partial charge in [-0.3, -0.25) is 4.99 Å². The first-order valence-electron chi connectivity index (χ1n) is 7.69. The number of amidine groups is 1.